The highest BCUT2D eigenvalue weighted by atomic mass is 35.5. The molecular weight excluding hydrogens is 176 g/mol. The molecule has 2 rings (SSSR count). The predicted octanol–water partition coefficient (Wildman–Crippen LogP) is 3.63. The molecule has 0 N–H and O–H groups in total. The van der Waals surface area contributed by atoms with Crippen molar-refractivity contribution >= 4 is 33.8 Å². The van der Waals surface area contributed by atoms with E-state index in [1.165, 1.54) is 15.0 Å². The van der Waals surface area contributed by atoms with Gasteiger partial charge in [-0.1, -0.05) is 18.2 Å². The van der Waals surface area contributed by atoms with E-state index in [9.17, 15) is 0 Å². The zero-order chi connectivity index (χ0) is 6.97. The van der Waals surface area contributed by atoms with Gasteiger partial charge in [-0.15, -0.1) is 23.7 Å². The fourth-order valence-corrected chi connectivity index (χ4v) is 2.04. The highest BCUT2D eigenvalue weighted by molar-refractivity contribution is 7.19. The first-order chi connectivity index (χ1) is 4.86. The molecule has 0 fully saturated rings. The average Bonchev–Trinajstić information content (AvgIpc) is 2.27. The Labute approximate surface area is 76.3 Å². The summed E-state index contributed by atoms with van der Waals surface area (Å²) in [5.41, 5.74) is 0. The van der Waals surface area contributed by atoms with E-state index in [2.05, 4.69) is 37.3 Å². The zero-order valence-electron chi connectivity index (χ0n) is 6.20. The molecule has 0 spiro atoms. The smallest absolute Gasteiger partial charge is 0.0345 e. The van der Waals surface area contributed by atoms with E-state index < -0.39 is 0 Å². The molecular formula is C9H9ClS. The van der Waals surface area contributed by atoms with Crippen LogP contribution in [-0.4, -0.2) is 0 Å². The topological polar surface area (TPSA) is 0 Å². The molecule has 58 valence electrons. The van der Waals surface area contributed by atoms with E-state index in [1.807, 2.05) is 11.3 Å². The summed E-state index contributed by atoms with van der Waals surface area (Å²) in [7, 11) is 0. The van der Waals surface area contributed by atoms with Crippen LogP contribution in [0.2, 0.25) is 0 Å². The summed E-state index contributed by atoms with van der Waals surface area (Å²) >= 11 is 1.85. The van der Waals surface area contributed by atoms with Gasteiger partial charge in [0.05, 0.1) is 0 Å². The zero-order valence-corrected chi connectivity index (χ0v) is 7.84. The lowest BCUT2D eigenvalue weighted by molar-refractivity contribution is 1.65. The van der Waals surface area contributed by atoms with Crippen LogP contribution in [0, 0.1) is 6.92 Å². The molecule has 2 heteroatoms. The molecule has 0 saturated carbocycles. The standard InChI is InChI=1S/C9H8S.ClH/c1-7-6-8-4-2-3-5-9(8)10-7;/h2-6H,1H3;1H. The summed E-state index contributed by atoms with van der Waals surface area (Å²) in [5, 5.41) is 1.37. The van der Waals surface area contributed by atoms with Crippen LogP contribution in [0.4, 0.5) is 0 Å². The lowest BCUT2D eigenvalue weighted by atomic mass is 10.2. The normalized spacial score (nSPS) is 9.55. The van der Waals surface area contributed by atoms with Gasteiger partial charge in [0.1, 0.15) is 0 Å². The number of fused-ring (bicyclic) bond motifs is 1. The summed E-state index contributed by atoms with van der Waals surface area (Å²) < 4.78 is 1.39. The number of benzene rings is 1. The third kappa shape index (κ3) is 1.55. The summed E-state index contributed by atoms with van der Waals surface area (Å²) in [6.45, 7) is 2.14. The van der Waals surface area contributed by atoms with Gasteiger partial charge in [-0.3, -0.25) is 0 Å². The maximum absolute atomic E-state index is 2.22. The molecule has 0 bridgehead atoms. The molecule has 0 unspecified atom stereocenters. The van der Waals surface area contributed by atoms with Crippen LogP contribution >= 0.6 is 23.7 Å². The summed E-state index contributed by atoms with van der Waals surface area (Å²) in [5.74, 6) is 0. The van der Waals surface area contributed by atoms with Crippen molar-refractivity contribution in [1.82, 2.24) is 0 Å². The Morgan fingerprint density at radius 3 is 2.64 bits per heavy atom. The van der Waals surface area contributed by atoms with Crippen LogP contribution in [0.3, 0.4) is 0 Å². The second-order valence-corrected chi connectivity index (χ2v) is 3.68. The van der Waals surface area contributed by atoms with Crippen LogP contribution in [0.25, 0.3) is 10.1 Å². The van der Waals surface area contributed by atoms with Gasteiger partial charge < -0.3 is 0 Å². The minimum absolute atomic E-state index is 0. The van der Waals surface area contributed by atoms with E-state index in [4.69, 9.17) is 0 Å². The Morgan fingerprint density at radius 1 is 1.18 bits per heavy atom. The first-order valence-corrected chi connectivity index (χ1v) is 4.13. The van der Waals surface area contributed by atoms with E-state index in [1.54, 1.807) is 0 Å². The number of rotatable bonds is 0. The van der Waals surface area contributed by atoms with Gasteiger partial charge >= 0.3 is 0 Å². The van der Waals surface area contributed by atoms with Crippen molar-refractivity contribution in [1.29, 1.82) is 0 Å². The maximum atomic E-state index is 2.22. The van der Waals surface area contributed by atoms with Gasteiger partial charge in [0.2, 0.25) is 0 Å². The van der Waals surface area contributed by atoms with Crippen molar-refractivity contribution in [2.75, 3.05) is 0 Å². The largest absolute Gasteiger partial charge is 0.147 e. The Bertz CT molecular complexity index is 318. The van der Waals surface area contributed by atoms with E-state index in [-0.39, 0.29) is 12.4 Å². The molecule has 11 heavy (non-hydrogen) atoms. The Kier molecular flexibility index (Phi) is 2.53. The van der Waals surface area contributed by atoms with Crippen molar-refractivity contribution in [2.24, 2.45) is 0 Å². The SMILES string of the molecule is Cc1cc2ccccc2s1.Cl. The first-order valence-electron chi connectivity index (χ1n) is 3.31. The molecule has 0 nitrogen and oxygen atoms in total. The molecule has 0 aliphatic heterocycles. The summed E-state index contributed by atoms with van der Waals surface area (Å²) in [6.07, 6.45) is 0. The van der Waals surface area contributed by atoms with Crippen LogP contribution in [0.5, 0.6) is 0 Å². The first kappa shape index (κ1) is 8.57. The number of halogens is 1. The fourth-order valence-electron chi connectivity index (χ4n) is 1.11. The molecule has 0 atom stereocenters. The lowest BCUT2D eigenvalue weighted by Crippen LogP contribution is -1.56. The van der Waals surface area contributed by atoms with Crippen molar-refractivity contribution in [2.45, 2.75) is 6.92 Å². The average molecular weight is 185 g/mol. The lowest BCUT2D eigenvalue weighted by Gasteiger charge is -1.82. The molecule has 2 aromatic rings. The Balaban J connectivity index is 0.000000605. The molecule has 0 aliphatic rings. The maximum Gasteiger partial charge on any atom is 0.0345 e. The minimum Gasteiger partial charge on any atom is -0.147 e. The summed E-state index contributed by atoms with van der Waals surface area (Å²) in [4.78, 5) is 1.39. The van der Waals surface area contributed by atoms with Gasteiger partial charge in [-0.2, -0.15) is 0 Å². The number of hydrogen-bond acceptors (Lipinski definition) is 1. The molecule has 0 aliphatic carbocycles. The van der Waals surface area contributed by atoms with Gasteiger partial charge in [0.25, 0.3) is 0 Å². The van der Waals surface area contributed by atoms with Crippen molar-refractivity contribution in [3.8, 4) is 0 Å². The Hall–Kier alpha value is -0.530. The number of aryl methyl sites for hydroxylation is 1. The quantitative estimate of drug-likeness (QED) is 0.587. The molecule has 1 aromatic carbocycles. The highest BCUT2D eigenvalue weighted by Crippen LogP contribution is 2.23. The summed E-state index contributed by atoms with van der Waals surface area (Å²) in [6, 6.07) is 10.7. The van der Waals surface area contributed by atoms with Gasteiger partial charge in [-0.25, -0.2) is 0 Å². The third-order valence-corrected chi connectivity index (χ3v) is 2.58. The molecule has 1 aromatic heterocycles. The van der Waals surface area contributed by atoms with E-state index >= 15 is 0 Å². The number of hydrogen-bond donors (Lipinski definition) is 0. The number of thiophene rings is 1. The van der Waals surface area contributed by atoms with E-state index in [0.29, 0.717) is 0 Å². The van der Waals surface area contributed by atoms with Crippen LogP contribution in [-0.2, 0) is 0 Å². The molecule has 0 saturated heterocycles. The van der Waals surface area contributed by atoms with Crippen molar-refractivity contribution in [3.63, 3.8) is 0 Å². The third-order valence-electron chi connectivity index (χ3n) is 1.55. The van der Waals surface area contributed by atoms with Crippen molar-refractivity contribution < 1.29 is 0 Å². The van der Waals surface area contributed by atoms with E-state index in [0.717, 1.165) is 0 Å². The highest BCUT2D eigenvalue weighted by Gasteiger charge is 1.93. The monoisotopic (exact) mass is 184 g/mol. The molecule has 0 amide bonds. The second kappa shape index (κ2) is 3.24. The second-order valence-electron chi connectivity index (χ2n) is 2.39. The van der Waals surface area contributed by atoms with Crippen LogP contribution in [0.15, 0.2) is 30.3 Å². The van der Waals surface area contributed by atoms with Gasteiger partial charge in [0.15, 0.2) is 0 Å². The van der Waals surface area contributed by atoms with Crippen molar-refractivity contribution in [3.05, 3.63) is 35.2 Å². The fraction of sp³-hybridized carbons (Fsp3) is 0.111. The molecule has 0 radical (unpaired) electrons. The predicted molar refractivity (Wildman–Crippen MR) is 53.8 cm³/mol. The van der Waals surface area contributed by atoms with Crippen LogP contribution < -0.4 is 0 Å². The van der Waals surface area contributed by atoms with Gasteiger partial charge in [0, 0.05) is 9.58 Å². The van der Waals surface area contributed by atoms with Gasteiger partial charge in [-0.05, 0) is 24.4 Å². The molecule has 1 heterocycles. The van der Waals surface area contributed by atoms with Crippen LogP contribution in [0.1, 0.15) is 4.88 Å². The Morgan fingerprint density at radius 2 is 1.91 bits per heavy atom. The minimum atomic E-state index is 0.